The average Bonchev–Trinajstić information content (AvgIpc) is 3.14. The Bertz CT molecular complexity index is 757. The lowest BCUT2D eigenvalue weighted by Gasteiger charge is -2.23. The number of likely N-dealkylation sites (N-methyl/N-ethyl adjacent to an activating group) is 1. The molecular formula is C21H25N3O2. The molecule has 1 unspecified atom stereocenters. The molecule has 26 heavy (non-hydrogen) atoms. The first-order chi connectivity index (χ1) is 12.7. The fraction of sp³-hybridized carbons (Fsp3) is 0.333. The maximum atomic E-state index is 12.4. The van der Waals surface area contributed by atoms with Crippen molar-refractivity contribution in [1.82, 2.24) is 10.2 Å². The standard InChI is InChI=1S/C21H25N3O2/c1-3-24(21(25)22-14-17-7-5-4-6-8-17)15-19-13-20(23-26-19)18-11-9-16(2)10-12-18/h4-12,19H,3,13-15H2,1-2H3,(H,22,25). The highest BCUT2D eigenvalue weighted by Crippen LogP contribution is 2.18. The zero-order valence-corrected chi connectivity index (χ0v) is 15.3. The summed E-state index contributed by atoms with van der Waals surface area (Å²) in [5, 5.41) is 7.18. The number of amides is 2. The normalized spacial score (nSPS) is 15.9. The third-order valence-electron chi connectivity index (χ3n) is 4.50. The molecule has 1 heterocycles. The molecule has 5 heteroatoms. The topological polar surface area (TPSA) is 53.9 Å². The molecule has 1 aliphatic rings. The number of urea groups is 1. The fourth-order valence-corrected chi connectivity index (χ4v) is 2.93. The van der Waals surface area contributed by atoms with Crippen molar-refractivity contribution in [2.45, 2.75) is 32.9 Å². The first-order valence-electron chi connectivity index (χ1n) is 9.02. The van der Waals surface area contributed by atoms with Crippen molar-refractivity contribution in [1.29, 1.82) is 0 Å². The fourth-order valence-electron chi connectivity index (χ4n) is 2.93. The van der Waals surface area contributed by atoms with Crippen molar-refractivity contribution in [2.75, 3.05) is 13.1 Å². The van der Waals surface area contributed by atoms with E-state index in [1.807, 2.05) is 37.3 Å². The molecule has 1 N–H and O–H groups in total. The van der Waals surface area contributed by atoms with Gasteiger partial charge in [0, 0.05) is 19.5 Å². The Morgan fingerprint density at radius 3 is 2.62 bits per heavy atom. The monoisotopic (exact) mass is 351 g/mol. The van der Waals surface area contributed by atoms with E-state index in [9.17, 15) is 4.79 Å². The maximum Gasteiger partial charge on any atom is 0.317 e. The van der Waals surface area contributed by atoms with Crippen LogP contribution < -0.4 is 5.32 Å². The Labute approximate surface area is 154 Å². The van der Waals surface area contributed by atoms with Gasteiger partial charge in [-0.05, 0) is 25.0 Å². The highest BCUT2D eigenvalue weighted by atomic mass is 16.6. The van der Waals surface area contributed by atoms with Gasteiger partial charge < -0.3 is 15.1 Å². The van der Waals surface area contributed by atoms with Crippen LogP contribution in [0.4, 0.5) is 4.79 Å². The quantitative estimate of drug-likeness (QED) is 0.862. The van der Waals surface area contributed by atoms with Gasteiger partial charge in [0.05, 0.1) is 12.3 Å². The summed E-state index contributed by atoms with van der Waals surface area (Å²) in [5.74, 6) is 0. The predicted molar refractivity (Wildman–Crippen MR) is 103 cm³/mol. The zero-order chi connectivity index (χ0) is 18.4. The number of benzene rings is 2. The average molecular weight is 351 g/mol. The third-order valence-corrected chi connectivity index (χ3v) is 4.50. The number of hydrogen-bond acceptors (Lipinski definition) is 3. The highest BCUT2D eigenvalue weighted by molar-refractivity contribution is 6.01. The molecule has 0 spiro atoms. The SMILES string of the molecule is CCN(CC1CC(c2ccc(C)cc2)=NO1)C(=O)NCc1ccccc1. The maximum absolute atomic E-state index is 12.4. The van der Waals surface area contributed by atoms with Gasteiger partial charge in [-0.25, -0.2) is 4.79 Å². The first kappa shape index (κ1) is 18.0. The lowest BCUT2D eigenvalue weighted by atomic mass is 10.0. The number of oxime groups is 1. The van der Waals surface area contributed by atoms with Crippen molar-refractivity contribution in [2.24, 2.45) is 5.16 Å². The van der Waals surface area contributed by atoms with E-state index in [1.54, 1.807) is 4.90 Å². The molecule has 3 rings (SSSR count). The van der Waals surface area contributed by atoms with Gasteiger partial charge in [0.2, 0.25) is 0 Å². The van der Waals surface area contributed by atoms with Crippen molar-refractivity contribution >= 4 is 11.7 Å². The van der Waals surface area contributed by atoms with Crippen LogP contribution in [0.2, 0.25) is 0 Å². The van der Waals surface area contributed by atoms with E-state index in [1.165, 1.54) is 5.56 Å². The van der Waals surface area contributed by atoms with E-state index in [0.29, 0.717) is 26.1 Å². The summed E-state index contributed by atoms with van der Waals surface area (Å²) in [6, 6.07) is 18.1. The summed E-state index contributed by atoms with van der Waals surface area (Å²) in [6.07, 6.45) is 0.611. The Morgan fingerprint density at radius 2 is 1.92 bits per heavy atom. The molecule has 2 aromatic rings. The summed E-state index contributed by atoms with van der Waals surface area (Å²) in [4.78, 5) is 19.8. The Balaban J connectivity index is 1.51. The lowest BCUT2D eigenvalue weighted by Crippen LogP contribution is -2.43. The largest absolute Gasteiger partial charge is 0.390 e. The second-order valence-corrected chi connectivity index (χ2v) is 6.52. The summed E-state index contributed by atoms with van der Waals surface area (Å²) in [6.45, 7) is 5.70. The van der Waals surface area contributed by atoms with E-state index >= 15 is 0 Å². The predicted octanol–water partition coefficient (Wildman–Crippen LogP) is 3.72. The van der Waals surface area contributed by atoms with Crippen LogP contribution in [0.5, 0.6) is 0 Å². The molecule has 0 saturated carbocycles. The van der Waals surface area contributed by atoms with Gasteiger partial charge in [0.15, 0.2) is 6.10 Å². The molecule has 2 amide bonds. The molecule has 0 bridgehead atoms. The van der Waals surface area contributed by atoms with E-state index in [4.69, 9.17) is 4.84 Å². The van der Waals surface area contributed by atoms with Crippen molar-refractivity contribution in [3.05, 3.63) is 71.3 Å². The molecule has 1 aliphatic heterocycles. The van der Waals surface area contributed by atoms with E-state index in [2.05, 4.69) is 41.7 Å². The van der Waals surface area contributed by atoms with Gasteiger partial charge in [-0.15, -0.1) is 0 Å². The van der Waals surface area contributed by atoms with Crippen LogP contribution in [-0.2, 0) is 11.4 Å². The third kappa shape index (κ3) is 4.63. The van der Waals surface area contributed by atoms with E-state index in [-0.39, 0.29) is 12.1 Å². The van der Waals surface area contributed by atoms with Crippen LogP contribution in [0.1, 0.15) is 30.0 Å². The van der Waals surface area contributed by atoms with Gasteiger partial charge in [-0.1, -0.05) is 65.3 Å². The second-order valence-electron chi connectivity index (χ2n) is 6.52. The minimum atomic E-state index is -0.103. The summed E-state index contributed by atoms with van der Waals surface area (Å²) in [7, 11) is 0. The highest BCUT2D eigenvalue weighted by Gasteiger charge is 2.26. The van der Waals surface area contributed by atoms with Gasteiger partial charge >= 0.3 is 6.03 Å². The molecule has 2 aromatic carbocycles. The molecule has 0 saturated heterocycles. The number of nitrogens with zero attached hydrogens (tertiary/aromatic N) is 2. The van der Waals surface area contributed by atoms with Gasteiger partial charge in [0.1, 0.15) is 0 Å². The first-order valence-corrected chi connectivity index (χ1v) is 9.02. The van der Waals surface area contributed by atoms with E-state index < -0.39 is 0 Å². The molecule has 0 aromatic heterocycles. The van der Waals surface area contributed by atoms with Crippen molar-refractivity contribution in [3.63, 3.8) is 0 Å². The smallest absolute Gasteiger partial charge is 0.317 e. The molecule has 0 aliphatic carbocycles. The Morgan fingerprint density at radius 1 is 1.19 bits per heavy atom. The minimum absolute atomic E-state index is 0.0799. The summed E-state index contributed by atoms with van der Waals surface area (Å²) in [5.41, 5.74) is 4.32. The number of aryl methyl sites for hydroxylation is 1. The number of nitrogens with one attached hydrogen (secondary N) is 1. The summed E-state index contributed by atoms with van der Waals surface area (Å²) < 4.78 is 0. The van der Waals surface area contributed by atoms with Gasteiger partial charge in [0.25, 0.3) is 0 Å². The van der Waals surface area contributed by atoms with Crippen LogP contribution in [0, 0.1) is 6.92 Å². The Kier molecular flexibility index (Phi) is 5.89. The lowest BCUT2D eigenvalue weighted by molar-refractivity contribution is 0.0616. The minimum Gasteiger partial charge on any atom is -0.390 e. The van der Waals surface area contributed by atoms with Crippen LogP contribution in [-0.4, -0.2) is 35.8 Å². The van der Waals surface area contributed by atoms with Crippen molar-refractivity contribution in [3.8, 4) is 0 Å². The van der Waals surface area contributed by atoms with Crippen molar-refractivity contribution < 1.29 is 9.63 Å². The number of hydrogen-bond donors (Lipinski definition) is 1. The van der Waals surface area contributed by atoms with Crippen LogP contribution >= 0.6 is 0 Å². The van der Waals surface area contributed by atoms with Crippen LogP contribution in [0.3, 0.4) is 0 Å². The molecule has 0 fully saturated rings. The Hall–Kier alpha value is -2.82. The van der Waals surface area contributed by atoms with Gasteiger partial charge in [-0.3, -0.25) is 0 Å². The molecule has 1 atom stereocenters. The van der Waals surface area contributed by atoms with E-state index in [0.717, 1.165) is 16.8 Å². The van der Waals surface area contributed by atoms with Crippen LogP contribution in [0.25, 0.3) is 0 Å². The number of carbonyl (C=O) groups excluding carboxylic acids is 1. The number of rotatable bonds is 6. The second kappa shape index (κ2) is 8.52. The number of carbonyl (C=O) groups is 1. The molecule has 0 radical (unpaired) electrons. The van der Waals surface area contributed by atoms with Crippen LogP contribution in [0.15, 0.2) is 59.8 Å². The zero-order valence-electron chi connectivity index (χ0n) is 15.3. The molecule has 136 valence electrons. The molecular weight excluding hydrogens is 326 g/mol. The van der Waals surface area contributed by atoms with Gasteiger partial charge in [-0.2, -0.15) is 0 Å². The summed E-state index contributed by atoms with van der Waals surface area (Å²) >= 11 is 0. The molecule has 5 nitrogen and oxygen atoms in total.